The highest BCUT2D eigenvalue weighted by molar-refractivity contribution is 5.83. The molecule has 2 rings (SSSR count). The highest BCUT2D eigenvalue weighted by Crippen LogP contribution is 2.14. The average Bonchev–Trinajstić information content (AvgIpc) is 2.46. The SMILES string of the molecule is CC(=O)NCC(=O)N1CCC[C@@H](Oc2ncccn2)C1. The van der Waals surface area contributed by atoms with Gasteiger partial charge in [-0.2, -0.15) is 0 Å². The summed E-state index contributed by atoms with van der Waals surface area (Å²) >= 11 is 0. The zero-order valence-electron chi connectivity index (χ0n) is 11.4. The Labute approximate surface area is 117 Å². The third-order valence-electron chi connectivity index (χ3n) is 3.03. The molecule has 1 aromatic rings. The molecule has 1 fully saturated rings. The minimum absolute atomic E-state index is 0.0316. The summed E-state index contributed by atoms with van der Waals surface area (Å²) in [6.07, 6.45) is 4.86. The van der Waals surface area contributed by atoms with Crippen LogP contribution in [0.15, 0.2) is 18.5 Å². The van der Waals surface area contributed by atoms with Gasteiger partial charge in [-0.1, -0.05) is 0 Å². The van der Waals surface area contributed by atoms with Crippen molar-refractivity contribution in [2.75, 3.05) is 19.6 Å². The third-order valence-corrected chi connectivity index (χ3v) is 3.03. The van der Waals surface area contributed by atoms with Crippen molar-refractivity contribution >= 4 is 11.8 Å². The fraction of sp³-hybridized carbons (Fsp3) is 0.538. The molecule has 1 aliphatic rings. The van der Waals surface area contributed by atoms with Crippen molar-refractivity contribution < 1.29 is 14.3 Å². The lowest BCUT2D eigenvalue weighted by Gasteiger charge is -2.32. The smallest absolute Gasteiger partial charge is 0.316 e. The molecule has 0 unspecified atom stereocenters. The Morgan fingerprint density at radius 1 is 1.45 bits per heavy atom. The van der Waals surface area contributed by atoms with E-state index in [4.69, 9.17) is 4.74 Å². The van der Waals surface area contributed by atoms with Gasteiger partial charge in [0.25, 0.3) is 0 Å². The van der Waals surface area contributed by atoms with Gasteiger partial charge in [0, 0.05) is 25.9 Å². The van der Waals surface area contributed by atoms with Crippen molar-refractivity contribution in [1.82, 2.24) is 20.2 Å². The molecular weight excluding hydrogens is 260 g/mol. The Morgan fingerprint density at radius 2 is 2.20 bits per heavy atom. The van der Waals surface area contributed by atoms with E-state index in [1.165, 1.54) is 6.92 Å². The normalized spacial score (nSPS) is 18.4. The number of carbonyl (C=O) groups is 2. The van der Waals surface area contributed by atoms with E-state index in [2.05, 4.69) is 15.3 Å². The van der Waals surface area contributed by atoms with Gasteiger partial charge in [0.05, 0.1) is 13.1 Å². The molecule has 2 amide bonds. The number of rotatable bonds is 4. The number of nitrogens with zero attached hydrogens (tertiary/aromatic N) is 3. The number of piperidine rings is 1. The number of likely N-dealkylation sites (tertiary alicyclic amines) is 1. The van der Waals surface area contributed by atoms with E-state index in [0.717, 1.165) is 12.8 Å². The van der Waals surface area contributed by atoms with Gasteiger partial charge < -0.3 is 15.0 Å². The van der Waals surface area contributed by atoms with E-state index in [9.17, 15) is 9.59 Å². The maximum Gasteiger partial charge on any atom is 0.316 e. The quantitative estimate of drug-likeness (QED) is 0.837. The molecule has 0 bridgehead atoms. The lowest BCUT2D eigenvalue weighted by atomic mass is 10.1. The molecule has 0 aromatic carbocycles. The van der Waals surface area contributed by atoms with Crippen molar-refractivity contribution in [3.05, 3.63) is 18.5 Å². The molecule has 1 atom stereocenters. The summed E-state index contributed by atoms with van der Waals surface area (Å²) in [5.74, 6) is -0.302. The number of ether oxygens (including phenoxy) is 1. The van der Waals surface area contributed by atoms with Crippen molar-refractivity contribution in [1.29, 1.82) is 0 Å². The molecule has 7 nitrogen and oxygen atoms in total. The van der Waals surface area contributed by atoms with Crippen LogP contribution in [0.2, 0.25) is 0 Å². The number of aromatic nitrogens is 2. The summed E-state index contributed by atoms with van der Waals surface area (Å²) in [6, 6.07) is 2.05. The van der Waals surface area contributed by atoms with Gasteiger partial charge >= 0.3 is 6.01 Å². The minimum atomic E-state index is -0.208. The molecule has 108 valence electrons. The number of hydrogen-bond acceptors (Lipinski definition) is 5. The van der Waals surface area contributed by atoms with Crippen LogP contribution in [-0.4, -0.2) is 52.4 Å². The van der Waals surface area contributed by atoms with E-state index >= 15 is 0 Å². The van der Waals surface area contributed by atoms with Crippen LogP contribution >= 0.6 is 0 Å². The Balaban J connectivity index is 1.85. The van der Waals surface area contributed by atoms with E-state index in [1.54, 1.807) is 23.4 Å². The molecular formula is C13H18N4O3. The van der Waals surface area contributed by atoms with Crippen molar-refractivity contribution in [3.63, 3.8) is 0 Å². The fourth-order valence-electron chi connectivity index (χ4n) is 2.07. The lowest BCUT2D eigenvalue weighted by Crippen LogP contribution is -2.47. The Hall–Kier alpha value is -2.18. The molecule has 1 N–H and O–H groups in total. The monoisotopic (exact) mass is 278 g/mol. The molecule has 0 aliphatic carbocycles. The number of nitrogens with one attached hydrogen (secondary N) is 1. The highest BCUT2D eigenvalue weighted by Gasteiger charge is 2.25. The van der Waals surface area contributed by atoms with E-state index in [-0.39, 0.29) is 24.5 Å². The van der Waals surface area contributed by atoms with Gasteiger partial charge in [-0.3, -0.25) is 9.59 Å². The Morgan fingerprint density at radius 3 is 2.90 bits per heavy atom. The van der Waals surface area contributed by atoms with Gasteiger partial charge in [-0.05, 0) is 18.9 Å². The Bertz CT molecular complexity index is 466. The van der Waals surface area contributed by atoms with Gasteiger partial charge in [0.15, 0.2) is 0 Å². The first-order valence-corrected chi connectivity index (χ1v) is 6.61. The average molecular weight is 278 g/mol. The van der Waals surface area contributed by atoms with Crippen molar-refractivity contribution in [3.8, 4) is 6.01 Å². The third kappa shape index (κ3) is 4.18. The number of amides is 2. The number of hydrogen-bond donors (Lipinski definition) is 1. The van der Waals surface area contributed by atoms with Gasteiger partial charge in [-0.15, -0.1) is 0 Å². The Kier molecular flexibility index (Phi) is 4.86. The minimum Gasteiger partial charge on any atom is -0.458 e. The summed E-state index contributed by atoms with van der Waals surface area (Å²) in [4.78, 5) is 32.5. The molecule has 20 heavy (non-hydrogen) atoms. The summed E-state index contributed by atoms with van der Waals surface area (Å²) in [5.41, 5.74) is 0. The van der Waals surface area contributed by atoms with Crippen LogP contribution in [0.25, 0.3) is 0 Å². The highest BCUT2D eigenvalue weighted by atomic mass is 16.5. The fourth-order valence-corrected chi connectivity index (χ4v) is 2.07. The second kappa shape index (κ2) is 6.83. The second-order valence-electron chi connectivity index (χ2n) is 4.66. The molecule has 0 saturated carbocycles. The van der Waals surface area contributed by atoms with Crippen molar-refractivity contribution in [2.45, 2.75) is 25.9 Å². The van der Waals surface area contributed by atoms with Crippen LogP contribution in [0.5, 0.6) is 6.01 Å². The molecule has 1 aliphatic heterocycles. The first-order chi connectivity index (χ1) is 9.65. The summed E-state index contributed by atoms with van der Waals surface area (Å²) in [5, 5.41) is 2.51. The zero-order valence-corrected chi connectivity index (χ0v) is 11.4. The molecule has 0 spiro atoms. The van der Waals surface area contributed by atoms with Crippen LogP contribution in [0.4, 0.5) is 0 Å². The standard InChI is InChI=1S/C13H18N4O3/c1-10(18)16-8-12(19)17-7-2-4-11(9-17)20-13-14-5-3-6-15-13/h3,5-6,11H,2,4,7-9H2,1H3,(H,16,18)/t11-/m1/s1. The van der Waals surface area contributed by atoms with Crippen LogP contribution in [0.1, 0.15) is 19.8 Å². The maximum absolute atomic E-state index is 11.9. The predicted molar refractivity (Wildman–Crippen MR) is 70.9 cm³/mol. The van der Waals surface area contributed by atoms with Crippen LogP contribution in [0, 0.1) is 0 Å². The van der Waals surface area contributed by atoms with Gasteiger partial charge in [-0.25, -0.2) is 9.97 Å². The lowest BCUT2D eigenvalue weighted by molar-refractivity contribution is -0.134. The van der Waals surface area contributed by atoms with E-state index in [0.29, 0.717) is 19.1 Å². The summed E-state index contributed by atoms with van der Waals surface area (Å²) in [7, 11) is 0. The molecule has 0 radical (unpaired) electrons. The maximum atomic E-state index is 11.9. The summed E-state index contributed by atoms with van der Waals surface area (Å²) < 4.78 is 5.66. The predicted octanol–water partition coefficient (Wildman–Crippen LogP) is -0.0175. The molecule has 1 aromatic heterocycles. The molecule has 7 heteroatoms. The van der Waals surface area contributed by atoms with E-state index < -0.39 is 0 Å². The first kappa shape index (κ1) is 14.2. The van der Waals surface area contributed by atoms with Crippen LogP contribution in [0.3, 0.4) is 0 Å². The van der Waals surface area contributed by atoms with Crippen LogP contribution in [-0.2, 0) is 9.59 Å². The topological polar surface area (TPSA) is 84.4 Å². The van der Waals surface area contributed by atoms with E-state index in [1.807, 2.05) is 0 Å². The summed E-state index contributed by atoms with van der Waals surface area (Å²) in [6.45, 7) is 2.61. The van der Waals surface area contributed by atoms with Gasteiger partial charge in [0.1, 0.15) is 6.10 Å². The number of carbonyl (C=O) groups excluding carboxylic acids is 2. The van der Waals surface area contributed by atoms with Crippen molar-refractivity contribution in [2.24, 2.45) is 0 Å². The second-order valence-corrected chi connectivity index (χ2v) is 4.66. The first-order valence-electron chi connectivity index (χ1n) is 6.61. The molecule has 2 heterocycles. The molecule has 1 saturated heterocycles. The van der Waals surface area contributed by atoms with Crippen LogP contribution < -0.4 is 10.1 Å². The zero-order chi connectivity index (χ0) is 14.4. The largest absolute Gasteiger partial charge is 0.458 e. The van der Waals surface area contributed by atoms with Gasteiger partial charge in [0.2, 0.25) is 11.8 Å².